The van der Waals surface area contributed by atoms with Crippen LogP contribution in [0.5, 0.6) is 0 Å². The highest BCUT2D eigenvalue weighted by atomic mass is 79.9. The third-order valence-corrected chi connectivity index (χ3v) is 7.50. The molecule has 0 saturated heterocycles. The second-order valence-corrected chi connectivity index (χ2v) is 10.3. The molecule has 0 aliphatic heterocycles. The molecule has 9 heteroatoms. The number of allylic oxidation sites excluding steroid dienone is 1. The van der Waals surface area contributed by atoms with Gasteiger partial charge in [-0.3, -0.25) is 4.79 Å². The van der Waals surface area contributed by atoms with Crippen LogP contribution < -0.4 is 4.80 Å². The highest BCUT2D eigenvalue weighted by molar-refractivity contribution is 9.10. The largest absolute Gasteiger partial charge is 0.313 e. The Morgan fingerprint density at radius 3 is 2.66 bits per heavy atom. The van der Waals surface area contributed by atoms with E-state index in [2.05, 4.69) is 27.5 Å². The van der Waals surface area contributed by atoms with Gasteiger partial charge in [0.15, 0.2) is 14.6 Å². The van der Waals surface area contributed by atoms with Crippen molar-refractivity contribution in [2.45, 2.75) is 24.3 Å². The molecule has 0 aliphatic rings. The Morgan fingerprint density at radius 2 is 1.97 bits per heavy atom. The number of fused-ring (bicyclic) bond motifs is 1. The maximum Gasteiger partial charge on any atom is 0.248 e. The van der Waals surface area contributed by atoms with E-state index in [9.17, 15) is 17.6 Å². The Labute approximate surface area is 180 Å². The van der Waals surface area contributed by atoms with E-state index in [4.69, 9.17) is 0 Å². The predicted octanol–water partition coefficient (Wildman–Crippen LogP) is 4.47. The van der Waals surface area contributed by atoms with Crippen LogP contribution >= 0.6 is 27.3 Å². The van der Waals surface area contributed by atoms with Crippen LogP contribution in [0.4, 0.5) is 4.39 Å². The number of nitrogens with zero attached hydrogens (tertiary/aromatic N) is 2. The van der Waals surface area contributed by atoms with Gasteiger partial charge in [0.05, 0.1) is 20.9 Å². The fourth-order valence-corrected chi connectivity index (χ4v) is 5.69. The summed E-state index contributed by atoms with van der Waals surface area (Å²) in [7, 11) is -3.57. The molecule has 2 aromatic carbocycles. The monoisotopic (exact) mass is 496 g/mol. The molecule has 0 atom stereocenters. The van der Waals surface area contributed by atoms with Crippen molar-refractivity contribution in [3.63, 3.8) is 0 Å². The topological polar surface area (TPSA) is 68.5 Å². The van der Waals surface area contributed by atoms with Crippen LogP contribution in [0.1, 0.15) is 12.8 Å². The Balaban J connectivity index is 1.74. The van der Waals surface area contributed by atoms with E-state index in [1.807, 2.05) is 22.8 Å². The lowest BCUT2D eigenvalue weighted by molar-refractivity contribution is -0.118. The Hall–Kier alpha value is -2.10. The lowest BCUT2D eigenvalue weighted by Crippen LogP contribution is -2.16. The summed E-state index contributed by atoms with van der Waals surface area (Å²) in [5, 5.41) is 0. The van der Waals surface area contributed by atoms with Crippen molar-refractivity contribution in [1.82, 2.24) is 4.57 Å². The summed E-state index contributed by atoms with van der Waals surface area (Å²) in [5.74, 6) is -1.09. The molecule has 5 nitrogen and oxygen atoms in total. The first-order chi connectivity index (χ1) is 13.8. The van der Waals surface area contributed by atoms with Gasteiger partial charge in [-0.1, -0.05) is 33.3 Å². The first-order valence-electron chi connectivity index (χ1n) is 8.76. The van der Waals surface area contributed by atoms with Gasteiger partial charge in [0.1, 0.15) is 5.82 Å². The SMILES string of the molecule is C=CCn1c(=NC(=O)CCCS(=O)(=O)c2ccc(F)cc2)sc2cc(Br)ccc21. The van der Waals surface area contributed by atoms with Crippen molar-refractivity contribution in [1.29, 1.82) is 0 Å². The Bertz CT molecular complexity index is 1230. The number of halogens is 2. The number of thiazole rings is 1. The minimum atomic E-state index is -3.57. The Morgan fingerprint density at radius 1 is 1.24 bits per heavy atom. The zero-order valence-corrected chi connectivity index (χ0v) is 18.6. The van der Waals surface area contributed by atoms with Crippen molar-refractivity contribution in [3.8, 4) is 0 Å². The number of hydrogen-bond donors (Lipinski definition) is 0. The summed E-state index contributed by atoms with van der Waals surface area (Å²) >= 11 is 4.82. The Kier molecular flexibility index (Phi) is 6.81. The van der Waals surface area contributed by atoms with E-state index in [1.54, 1.807) is 6.08 Å². The van der Waals surface area contributed by atoms with Crippen LogP contribution in [0, 0.1) is 5.82 Å². The quantitative estimate of drug-likeness (QED) is 0.357. The van der Waals surface area contributed by atoms with Crippen molar-refractivity contribution in [2.75, 3.05) is 5.75 Å². The van der Waals surface area contributed by atoms with Gasteiger partial charge in [-0.15, -0.1) is 6.58 Å². The highest BCUT2D eigenvalue weighted by Gasteiger charge is 2.15. The maximum atomic E-state index is 13.0. The average Bonchev–Trinajstić information content (AvgIpc) is 2.98. The number of carbonyl (C=O) groups excluding carboxylic acids is 1. The molecule has 152 valence electrons. The van der Waals surface area contributed by atoms with Crippen molar-refractivity contribution >= 4 is 53.2 Å². The second kappa shape index (κ2) is 9.15. The van der Waals surface area contributed by atoms with Crippen LogP contribution in [-0.2, 0) is 21.2 Å². The van der Waals surface area contributed by atoms with Crippen molar-refractivity contribution in [3.05, 3.63) is 70.2 Å². The van der Waals surface area contributed by atoms with Gasteiger partial charge < -0.3 is 4.57 Å². The standard InChI is InChI=1S/C20H18BrFN2O3S2/c1-2-11-24-17-10-5-14(21)13-18(17)28-20(24)23-19(25)4-3-12-29(26,27)16-8-6-15(22)7-9-16/h2,5-10,13H,1,3-4,11-12H2. The number of sulfone groups is 1. The number of aromatic nitrogens is 1. The van der Waals surface area contributed by atoms with E-state index < -0.39 is 15.7 Å². The smallest absolute Gasteiger partial charge is 0.248 e. The number of hydrogen-bond acceptors (Lipinski definition) is 4. The van der Waals surface area contributed by atoms with Gasteiger partial charge in [0, 0.05) is 17.4 Å². The van der Waals surface area contributed by atoms with Gasteiger partial charge in [0.2, 0.25) is 5.91 Å². The van der Waals surface area contributed by atoms with Crippen LogP contribution in [0.2, 0.25) is 0 Å². The predicted molar refractivity (Wildman–Crippen MR) is 116 cm³/mol. The molecular weight excluding hydrogens is 479 g/mol. The van der Waals surface area contributed by atoms with E-state index in [0.717, 1.165) is 26.8 Å². The first kappa shape index (κ1) is 21.6. The second-order valence-electron chi connectivity index (χ2n) is 6.28. The molecule has 0 saturated carbocycles. The number of carbonyl (C=O) groups is 1. The summed E-state index contributed by atoms with van der Waals surface area (Å²) in [6, 6.07) is 10.5. The van der Waals surface area contributed by atoms with Crippen molar-refractivity contribution < 1.29 is 17.6 Å². The van der Waals surface area contributed by atoms with E-state index >= 15 is 0 Å². The summed E-state index contributed by atoms with van der Waals surface area (Å²) < 4.78 is 41.3. The molecule has 29 heavy (non-hydrogen) atoms. The molecule has 1 heterocycles. The molecular formula is C20H18BrFN2O3S2. The summed E-state index contributed by atoms with van der Waals surface area (Å²) in [4.78, 5) is 17.1. The molecule has 0 spiro atoms. The van der Waals surface area contributed by atoms with Gasteiger partial charge >= 0.3 is 0 Å². The number of benzene rings is 2. The maximum absolute atomic E-state index is 13.0. The lowest BCUT2D eigenvalue weighted by Gasteiger charge is -2.03. The number of rotatable bonds is 7. The molecule has 1 aromatic heterocycles. The molecule has 0 unspecified atom stereocenters. The molecule has 0 fully saturated rings. The third kappa shape index (κ3) is 5.29. The minimum Gasteiger partial charge on any atom is -0.313 e. The zero-order valence-electron chi connectivity index (χ0n) is 15.3. The molecule has 0 aliphatic carbocycles. The van der Waals surface area contributed by atoms with E-state index in [-0.39, 0.29) is 29.4 Å². The molecule has 0 bridgehead atoms. The molecule has 3 aromatic rings. The first-order valence-corrected chi connectivity index (χ1v) is 12.0. The van der Waals surface area contributed by atoms with E-state index in [0.29, 0.717) is 11.3 Å². The lowest BCUT2D eigenvalue weighted by atomic mass is 10.3. The third-order valence-electron chi connectivity index (χ3n) is 4.15. The van der Waals surface area contributed by atoms with Crippen LogP contribution in [0.3, 0.4) is 0 Å². The van der Waals surface area contributed by atoms with Gasteiger partial charge in [-0.25, -0.2) is 12.8 Å². The molecule has 0 radical (unpaired) electrons. The minimum absolute atomic E-state index is 0.00640. The van der Waals surface area contributed by atoms with Crippen LogP contribution in [0.15, 0.2) is 69.5 Å². The zero-order chi connectivity index (χ0) is 21.0. The van der Waals surface area contributed by atoms with Crippen molar-refractivity contribution in [2.24, 2.45) is 4.99 Å². The van der Waals surface area contributed by atoms with Gasteiger partial charge in [0.25, 0.3) is 0 Å². The van der Waals surface area contributed by atoms with Crippen LogP contribution in [-0.4, -0.2) is 24.6 Å². The summed E-state index contributed by atoms with van der Waals surface area (Å²) in [6.07, 6.45) is 1.87. The molecule has 3 rings (SSSR count). The van der Waals surface area contributed by atoms with E-state index in [1.165, 1.54) is 23.5 Å². The number of amides is 1. The molecule has 0 N–H and O–H groups in total. The average molecular weight is 497 g/mol. The van der Waals surface area contributed by atoms with Crippen LogP contribution in [0.25, 0.3) is 10.2 Å². The highest BCUT2D eigenvalue weighted by Crippen LogP contribution is 2.22. The van der Waals surface area contributed by atoms with Gasteiger partial charge in [-0.2, -0.15) is 4.99 Å². The van der Waals surface area contributed by atoms with Gasteiger partial charge in [-0.05, 0) is 48.9 Å². The fourth-order valence-electron chi connectivity index (χ4n) is 2.77. The summed E-state index contributed by atoms with van der Waals surface area (Å²) in [5.41, 5.74) is 0.948. The normalized spacial score (nSPS) is 12.4. The summed E-state index contributed by atoms with van der Waals surface area (Å²) in [6.45, 7) is 4.26. The fraction of sp³-hybridized carbons (Fsp3) is 0.200. The molecule has 1 amide bonds.